The predicted octanol–water partition coefficient (Wildman–Crippen LogP) is 4.10. The van der Waals surface area contributed by atoms with Crippen LogP contribution in [0.2, 0.25) is 10.2 Å². The first-order chi connectivity index (χ1) is 8.47. The minimum atomic E-state index is -0.614. The van der Waals surface area contributed by atoms with Gasteiger partial charge in [-0.3, -0.25) is 10.1 Å². The second kappa shape index (κ2) is 4.88. The van der Waals surface area contributed by atoms with Crippen LogP contribution < -0.4 is 0 Å². The summed E-state index contributed by atoms with van der Waals surface area (Å²) in [6.45, 7) is 0. The third kappa shape index (κ3) is 2.57. The first-order valence-electron chi connectivity index (χ1n) is 4.75. The lowest BCUT2D eigenvalue weighted by Crippen LogP contribution is -1.95. The van der Waals surface area contributed by atoms with Gasteiger partial charge in [0.25, 0.3) is 5.69 Å². The van der Waals surface area contributed by atoms with Crippen molar-refractivity contribution in [2.45, 2.75) is 0 Å². The number of hydrogen-bond donors (Lipinski definition) is 0. The molecule has 0 saturated heterocycles. The lowest BCUT2D eigenvalue weighted by Gasteiger charge is -2.04. The van der Waals surface area contributed by atoms with E-state index in [1.165, 1.54) is 18.2 Å². The molecule has 92 valence electrons. The maximum atomic E-state index is 13.2. The fraction of sp³-hybridized carbons (Fsp3) is 0. The topological polar surface area (TPSA) is 56.0 Å². The molecule has 0 bridgehead atoms. The van der Waals surface area contributed by atoms with Crippen molar-refractivity contribution in [1.29, 1.82) is 0 Å². The van der Waals surface area contributed by atoms with Crippen molar-refractivity contribution in [3.63, 3.8) is 0 Å². The summed E-state index contributed by atoms with van der Waals surface area (Å²) < 4.78 is 13.2. The van der Waals surface area contributed by atoms with E-state index >= 15 is 0 Å². The Morgan fingerprint density at radius 3 is 2.56 bits per heavy atom. The van der Waals surface area contributed by atoms with Gasteiger partial charge in [-0.2, -0.15) is 0 Å². The lowest BCUT2D eigenvalue weighted by atomic mass is 10.1. The van der Waals surface area contributed by atoms with E-state index < -0.39 is 10.7 Å². The number of nitro groups is 1. The van der Waals surface area contributed by atoms with E-state index in [1.807, 2.05) is 0 Å². The van der Waals surface area contributed by atoms with Crippen LogP contribution in [0.1, 0.15) is 0 Å². The SMILES string of the molecule is O=[N+]([O-])c1ccc(Cl)nc1-c1cc(F)cc(Cl)c1. The zero-order chi connectivity index (χ0) is 13.3. The van der Waals surface area contributed by atoms with E-state index in [4.69, 9.17) is 23.2 Å². The van der Waals surface area contributed by atoms with Gasteiger partial charge in [-0.05, 0) is 24.3 Å². The molecule has 4 nitrogen and oxygen atoms in total. The van der Waals surface area contributed by atoms with E-state index in [0.29, 0.717) is 0 Å². The number of aromatic nitrogens is 1. The van der Waals surface area contributed by atoms with Gasteiger partial charge in [0.1, 0.15) is 16.7 Å². The molecule has 0 unspecified atom stereocenters. The second-order valence-electron chi connectivity index (χ2n) is 3.42. The predicted molar refractivity (Wildman–Crippen MR) is 66.3 cm³/mol. The Balaban J connectivity index is 2.68. The molecule has 18 heavy (non-hydrogen) atoms. The Kier molecular flexibility index (Phi) is 3.45. The third-order valence-corrected chi connectivity index (χ3v) is 2.60. The summed E-state index contributed by atoms with van der Waals surface area (Å²) in [6.07, 6.45) is 0. The molecule has 0 aliphatic rings. The van der Waals surface area contributed by atoms with Crippen LogP contribution >= 0.6 is 23.2 Å². The van der Waals surface area contributed by atoms with Gasteiger partial charge < -0.3 is 0 Å². The molecule has 0 atom stereocenters. The molecule has 0 N–H and O–H groups in total. The second-order valence-corrected chi connectivity index (χ2v) is 4.24. The molecule has 0 fully saturated rings. The average Bonchev–Trinajstić information content (AvgIpc) is 2.27. The molecule has 2 rings (SSSR count). The summed E-state index contributed by atoms with van der Waals surface area (Å²) in [7, 11) is 0. The van der Waals surface area contributed by atoms with Gasteiger partial charge >= 0.3 is 0 Å². The Morgan fingerprint density at radius 1 is 1.22 bits per heavy atom. The number of rotatable bonds is 2. The smallest absolute Gasteiger partial charge is 0.258 e. The van der Waals surface area contributed by atoms with Crippen molar-refractivity contribution < 1.29 is 9.31 Å². The lowest BCUT2D eigenvalue weighted by molar-refractivity contribution is -0.384. The van der Waals surface area contributed by atoms with Crippen molar-refractivity contribution in [2.24, 2.45) is 0 Å². The monoisotopic (exact) mass is 286 g/mol. The molecule has 0 aliphatic carbocycles. The highest BCUT2D eigenvalue weighted by molar-refractivity contribution is 6.31. The number of nitrogens with zero attached hydrogens (tertiary/aromatic N) is 2. The van der Waals surface area contributed by atoms with Gasteiger partial charge in [0, 0.05) is 16.7 Å². The van der Waals surface area contributed by atoms with Gasteiger partial charge in [0.2, 0.25) is 0 Å². The maximum Gasteiger partial charge on any atom is 0.295 e. The van der Waals surface area contributed by atoms with Crippen molar-refractivity contribution >= 4 is 28.9 Å². The van der Waals surface area contributed by atoms with E-state index in [9.17, 15) is 14.5 Å². The van der Waals surface area contributed by atoms with E-state index in [2.05, 4.69) is 4.98 Å². The summed E-state index contributed by atoms with van der Waals surface area (Å²) >= 11 is 11.4. The number of hydrogen-bond acceptors (Lipinski definition) is 3. The average molecular weight is 287 g/mol. The maximum absolute atomic E-state index is 13.2. The molecule has 0 spiro atoms. The molecular weight excluding hydrogens is 282 g/mol. The molecule has 2 aromatic rings. The van der Waals surface area contributed by atoms with Crippen LogP contribution in [0.4, 0.5) is 10.1 Å². The minimum absolute atomic E-state index is 0.0195. The van der Waals surface area contributed by atoms with Crippen LogP contribution in [0.3, 0.4) is 0 Å². The first-order valence-corrected chi connectivity index (χ1v) is 5.50. The summed E-state index contributed by atoms with van der Waals surface area (Å²) in [5.74, 6) is -0.603. The minimum Gasteiger partial charge on any atom is -0.258 e. The van der Waals surface area contributed by atoms with Gasteiger partial charge in [0.15, 0.2) is 0 Å². The number of benzene rings is 1. The molecule has 0 aliphatic heterocycles. The van der Waals surface area contributed by atoms with Crippen molar-refractivity contribution in [1.82, 2.24) is 4.98 Å². The van der Waals surface area contributed by atoms with E-state index in [0.717, 1.165) is 12.1 Å². The third-order valence-electron chi connectivity index (χ3n) is 2.17. The van der Waals surface area contributed by atoms with Crippen LogP contribution in [-0.4, -0.2) is 9.91 Å². The Labute approximate surface area is 111 Å². The Hall–Kier alpha value is -1.72. The van der Waals surface area contributed by atoms with Crippen molar-refractivity contribution in [3.05, 3.63) is 56.4 Å². The highest BCUT2D eigenvalue weighted by Gasteiger charge is 2.18. The molecule has 1 aromatic carbocycles. The number of halogens is 3. The van der Waals surface area contributed by atoms with Crippen LogP contribution in [0.15, 0.2) is 30.3 Å². The molecule has 1 aromatic heterocycles. The molecule has 0 amide bonds. The molecular formula is C11H5Cl2FN2O2. The van der Waals surface area contributed by atoms with Crippen LogP contribution in [-0.2, 0) is 0 Å². The van der Waals surface area contributed by atoms with E-state index in [1.54, 1.807) is 0 Å². The zero-order valence-electron chi connectivity index (χ0n) is 8.73. The summed E-state index contributed by atoms with van der Waals surface area (Å²) in [6, 6.07) is 6.10. The number of pyridine rings is 1. The normalized spacial score (nSPS) is 10.4. The highest BCUT2D eigenvalue weighted by atomic mass is 35.5. The van der Waals surface area contributed by atoms with E-state index in [-0.39, 0.29) is 27.1 Å². The van der Waals surface area contributed by atoms with Crippen LogP contribution in [0, 0.1) is 15.9 Å². The molecule has 7 heteroatoms. The first kappa shape index (κ1) is 12.7. The summed E-state index contributed by atoms with van der Waals surface area (Å²) in [5.41, 5.74) is -0.0795. The quantitative estimate of drug-likeness (QED) is 0.474. The van der Waals surface area contributed by atoms with Gasteiger partial charge in [0.05, 0.1) is 4.92 Å². The van der Waals surface area contributed by atoms with Gasteiger partial charge in [-0.25, -0.2) is 9.37 Å². The van der Waals surface area contributed by atoms with Gasteiger partial charge in [-0.1, -0.05) is 23.2 Å². The Morgan fingerprint density at radius 2 is 1.94 bits per heavy atom. The summed E-state index contributed by atoms with van der Waals surface area (Å²) in [4.78, 5) is 14.1. The molecule has 0 radical (unpaired) electrons. The van der Waals surface area contributed by atoms with Crippen molar-refractivity contribution in [3.8, 4) is 11.3 Å². The zero-order valence-corrected chi connectivity index (χ0v) is 10.2. The largest absolute Gasteiger partial charge is 0.295 e. The highest BCUT2D eigenvalue weighted by Crippen LogP contribution is 2.31. The van der Waals surface area contributed by atoms with Gasteiger partial charge in [-0.15, -0.1) is 0 Å². The van der Waals surface area contributed by atoms with Crippen LogP contribution in [0.25, 0.3) is 11.3 Å². The Bertz CT molecular complexity index is 614. The van der Waals surface area contributed by atoms with Crippen molar-refractivity contribution in [2.75, 3.05) is 0 Å². The standard InChI is InChI=1S/C11H5Cl2FN2O2/c12-7-3-6(4-8(14)5-7)11-9(16(17)18)1-2-10(13)15-11/h1-5H. The molecule has 0 saturated carbocycles. The fourth-order valence-corrected chi connectivity index (χ4v) is 1.85. The summed E-state index contributed by atoms with van der Waals surface area (Å²) in [5, 5.41) is 11.1. The van der Waals surface area contributed by atoms with Crippen LogP contribution in [0.5, 0.6) is 0 Å². The fourth-order valence-electron chi connectivity index (χ4n) is 1.48. The molecule has 1 heterocycles.